The van der Waals surface area contributed by atoms with Crippen LogP contribution in [0.25, 0.3) is 0 Å². The van der Waals surface area contributed by atoms with E-state index in [1.165, 1.54) is 6.20 Å². The molecule has 0 atom stereocenters. The molecule has 2 rings (SSSR count). The molecule has 5 heteroatoms. The van der Waals surface area contributed by atoms with Crippen molar-refractivity contribution in [3.05, 3.63) is 53.1 Å². The number of aromatic carboxylic acids is 1. The van der Waals surface area contributed by atoms with E-state index in [4.69, 9.17) is 16.7 Å². The van der Waals surface area contributed by atoms with E-state index < -0.39 is 5.97 Å². The first kappa shape index (κ1) is 11.7. The largest absolute Gasteiger partial charge is 0.475 e. The van der Waals surface area contributed by atoms with Crippen LogP contribution in [-0.4, -0.2) is 20.6 Å². The zero-order valence-corrected chi connectivity index (χ0v) is 9.76. The Morgan fingerprint density at radius 1 is 1.35 bits per heavy atom. The summed E-state index contributed by atoms with van der Waals surface area (Å²) in [6.07, 6.45) is 3.90. The van der Waals surface area contributed by atoms with Gasteiger partial charge in [0.25, 0.3) is 0 Å². The number of rotatable bonds is 4. The Morgan fingerprint density at radius 2 is 2.06 bits per heavy atom. The fourth-order valence-electron chi connectivity index (χ4n) is 1.59. The summed E-state index contributed by atoms with van der Waals surface area (Å²) in [7, 11) is 0. The van der Waals surface area contributed by atoms with Crippen molar-refractivity contribution in [3.63, 3.8) is 0 Å². The summed E-state index contributed by atoms with van der Waals surface area (Å²) in [5, 5.41) is 9.58. The second-order valence-electron chi connectivity index (χ2n) is 3.63. The Labute approximate surface area is 103 Å². The van der Waals surface area contributed by atoms with Gasteiger partial charge in [-0.1, -0.05) is 23.7 Å². The molecule has 0 bridgehead atoms. The van der Waals surface area contributed by atoms with Gasteiger partial charge in [-0.25, -0.2) is 9.78 Å². The number of carboxylic acid groups (broad SMARTS) is 1. The minimum absolute atomic E-state index is 0.0685. The van der Waals surface area contributed by atoms with E-state index in [0.717, 1.165) is 12.0 Å². The number of hydrogen-bond donors (Lipinski definition) is 1. The van der Waals surface area contributed by atoms with Crippen LogP contribution in [0.1, 0.15) is 16.2 Å². The van der Waals surface area contributed by atoms with Gasteiger partial charge in [-0.15, -0.1) is 0 Å². The number of carbonyl (C=O) groups is 1. The molecule has 0 spiro atoms. The second kappa shape index (κ2) is 5.01. The van der Waals surface area contributed by atoms with Crippen LogP contribution in [-0.2, 0) is 13.0 Å². The minimum Gasteiger partial charge on any atom is -0.475 e. The summed E-state index contributed by atoms with van der Waals surface area (Å²) < 4.78 is 1.62. The summed E-state index contributed by atoms with van der Waals surface area (Å²) in [6.45, 7) is 0.587. The molecule has 0 aliphatic rings. The highest BCUT2D eigenvalue weighted by atomic mass is 35.5. The van der Waals surface area contributed by atoms with Crippen LogP contribution in [0.15, 0.2) is 36.7 Å². The molecular weight excluding hydrogens is 240 g/mol. The number of carboxylic acids is 1. The first-order valence-corrected chi connectivity index (χ1v) is 5.53. The third-order valence-electron chi connectivity index (χ3n) is 2.46. The summed E-state index contributed by atoms with van der Waals surface area (Å²) in [5.74, 6) is -0.940. The zero-order valence-electron chi connectivity index (χ0n) is 9.01. The van der Waals surface area contributed by atoms with Crippen LogP contribution < -0.4 is 0 Å². The molecule has 2 aromatic rings. The van der Waals surface area contributed by atoms with E-state index in [9.17, 15) is 4.79 Å². The van der Waals surface area contributed by atoms with Crippen molar-refractivity contribution in [2.24, 2.45) is 0 Å². The predicted octanol–water partition coefficient (Wildman–Crippen LogP) is 2.48. The highest BCUT2D eigenvalue weighted by Crippen LogP contribution is 2.11. The molecule has 0 saturated carbocycles. The SMILES string of the molecule is O=C(O)c1nccn1CCc1ccc(Cl)cc1. The maximum atomic E-state index is 10.8. The Hall–Kier alpha value is -1.81. The van der Waals surface area contributed by atoms with Crippen molar-refractivity contribution < 1.29 is 9.90 Å². The first-order chi connectivity index (χ1) is 8.16. The maximum absolute atomic E-state index is 10.8. The summed E-state index contributed by atoms with van der Waals surface area (Å²) >= 11 is 5.79. The van der Waals surface area contributed by atoms with Gasteiger partial charge in [-0.2, -0.15) is 0 Å². The number of aryl methyl sites for hydroxylation is 2. The molecule has 0 saturated heterocycles. The van der Waals surface area contributed by atoms with Gasteiger partial charge in [-0.3, -0.25) is 0 Å². The highest BCUT2D eigenvalue weighted by Gasteiger charge is 2.09. The van der Waals surface area contributed by atoms with Crippen molar-refractivity contribution in [1.29, 1.82) is 0 Å². The molecule has 0 radical (unpaired) electrons. The maximum Gasteiger partial charge on any atom is 0.372 e. The van der Waals surface area contributed by atoms with Crippen LogP contribution in [0, 0.1) is 0 Å². The van der Waals surface area contributed by atoms with Crippen LogP contribution in [0.3, 0.4) is 0 Å². The smallest absolute Gasteiger partial charge is 0.372 e. The third-order valence-corrected chi connectivity index (χ3v) is 2.71. The van der Waals surface area contributed by atoms with E-state index in [1.807, 2.05) is 24.3 Å². The van der Waals surface area contributed by atoms with Gasteiger partial charge >= 0.3 is 5.97 Å². The standard InChI is InChI=1S/C12H11ClN2O2/c13-10-3-1-9(2-4-10)5-7-15-8-6-14-11(15)12(16)17/h1-4,6,8H,5,7H2,(H,16,17). The fourth-order valence-corrected chi connectivity index (χ4v) is 1.71. The first-order valence-electron chi connectivity index (χ1n) is 5.15. The lowest BCUT2D eigenvalue weighted by molar-refractivity contribution is 0.0678. The average molecular weight is 251 g/mol. The molecule has 4 nitrogen and oxygen atoms in total. The predicted molar refractivity (Wildman–Crippen MR) is 64.3 cm³/mol. The van der Waals surface area contributed by atoms with Gasteiger partial charge in [0.05, 0.1) is 0 Å². The lowest BCUT2D eigenvalue weighted by Crippen LogP contribution is -2.10. The van der Waals surface area contributed by atoms with Gasteiger partial charge in [0, 0.05) is 24.0 Å². The lowest BCUT2D eigenvalue weighted by atomic mass is 10.1. The average Bonchev–Trinajstić information content (AvgIpc) is 2.76. The minimum atomic E-state index is -1.01. The lowest BCUT2D eigenvalue weighted by Gasteiger charge is -2.05. The molecule has 1 aromatic heterocycles. The Morgan fingerprint density at radius 3 is 2.71 bits per heavy atom. The molecule has 0 amide bonds. The summed E-state index contributed by atoms with van der Waals surface area (Å²) in [6, 6.07) is 7.51. The molecule has 0 aliphatic heterocycles. The van der Waals surface area contributed by atoms with Crippen LogP contribution in [0.4, 0.5) is 0 Å². The number of imidazole rings is 1. The quantitative estimate of drug-likeness (QED) is 0.907. The molecule has 88 valence electrons. The van der Waals surface area contributed by atoms with E-state index >= 15 is 0 Å². The monoisotopic (exact) mass is 250 g/mol. The molecule has 1 N–H and O–H groups in total. The number of benzene rings is 1. The van der Waals surface area contributed by atoms with E-state index in [-0.39, 0.29) is 5.82 Å². The normalized spacial score (nSPS) is 10.4. The molecule has 1 heterocycles. The van der Waals surface area contributed by atoms with Crippen molar-refractivity contribution in [2.75, 3.05) is 0 Å². The van der Waals surface area contributed by atoms with Gasteiger partial charge < -0.3 is 9.67 Å². The summed E-state index contributed by atoms with van der Waals surface area (Å²) in [4.78, 5) is 14.6. The van der Waals surface area contributed by atoms with Crippen LogP contribution in [0.2, 0.25) is 5.02 Å². The molecule has 0 unspecified atom stereocenters. The molecular formula is C12H11ClN2O2. The third kappa shape index (κ3) is 2.85. The topological polar surface area (TPSA) is 55.1 Å². The number of nitrogens with zero attached hydrogens (tertiary/aromatic N) is 2. The molecule has 1 aromatic carbocycles. The van der Waals surface area contributed by atoms with E-state index in [0.29, 0.717) is 11.6 Å². The fraction of sp³-hybridized carbons (Fsp3) is 0.167. The molecule has 0 aliphatic carbocycles. The van der Waals surface area contributed by atoms with E-state index in [1.54, 1.807) is 10.8 Å². The molecule has 0 fully saturated rings. The Kier molecular flexibility index (Phi) is 3.44. The van der Waals surface area contributed by atoms with Crippen molar-refractivity contribution in [1.82, 2.24) is 9.55 Å². The van der Waals surface area contributed by atoms with Crippen molar-refractivity contribution >= 4 is 17.6 Å². The van der Waals surface area contributed by atoms with Crippen LogP contribution >= 0.6 is 11.6 Å². The van der Waals surface area contributed by atoms with Gasteiger partial charge in [0.2, 0.25) is 5.82 Å². The van der Waals surface area contributed by atoms with Gasteiger partial charge in [0.15, 0.2) is 0 Å². The van der Waals surface area contributed by atoms with Crippen molar-refractivity contribution in [2.45, 2.75) is 13.0 Å². The summed E-state index contributed by atoms with van der Waals surface area (Å²) in [5.41, 5.74) is 1.11. The highest BCUT2D eigenvalue weighted by molar-refractivity contribution is 6.30. The Balaban J connectivity index is 2.05. The number of hydrogen-bond acceptors (Lipinski definition) is 2. The second-order valence-corrected chi connectivity index (χ2v) is 4.06. The van der Waals surface area contributed by atoms with Gasteiger partial charge in [0.1, 0.15) is 0 Å². The Bertz CT molecular complexity index is 520. The number of aromatic nitrogens is 2. The van der Waals surface area contributed by atoms with Crippen LogP contribution in [0.5, 0.6) is 0 Å². The number of halogens is 1. The van der Waals surface area contributed by atoms with Gasteiger partial charge in [-0.05, 0) is 24.1 Å². The zero-order chi connectivity index (χ0) is 12.3. The molecule has 17 heavy (non-hydrogen) atoms. The van der Waals surface area contributed by atoms with E-state index in [2.05, 4.69) is 4.98 Å². The van der Waals surface area contributed by atoms with Crippen molar-refractivity contribution in [3.8, 4) is 0 Å².